The van der Waals surface area contributed by atoms with E-state index in [4.69, 9.17) is 10.8 Å². The molecule has 0 saturated carbocycles. The fourth-order valence-electron chi connectivity index (χ4n) is 2.04. The summed E-state index contributed by atoms with van der Waals surface area (Å²) in [5.74, 6) is -1.19. The fourth-order valence-corrected chi connectivity index (χ4v) is 2.04. The van der Waals surface area contributed by atoms with Gasteiger partial charge in [-0.25, -0.2) is 0 Å². The Morgan fingerprint density at radius 3 is 2.82 bits per heavy atom. The monoisotopic (exact) mass is 232 g/mol. The number of carboxylic acid groups (broad SMARTS) is 1. The van der Waals surface area contributed by atoms with Gasteiger partial charge in [0, 0.05) is 23.0 Å². The molecule has 0 spiro atoms. The third-order valence-electron chi connectivity index (χ3n) is 3.18. The van der Waals surface area contributed by atoms with E-state index in [1.165, 1.54) is 0 Å². The van der Waals surface area contributed by atoms with Crippen molar-refractivity contribution in [1.29, 1.82) is 0 Å². The molecule has 0 radical (unpaired) electrons. The van der Waals surface area contributed by atoms with Crippen molar-refractivity contribution in [3.05, 3.63) is 35.5 Å². The second-order valence-electron chi connectivity index (χ2n) is 4.45. The molecular weight excluding hydrogens is 216 g/mol. The molecule has 1 aromatic heterocycles. The zero-order valence-electron chi connectivity index (χ0n) is 9.90. The number of nitrogens with one attached hydrogen (secondary N) is 1. The number of aryl methyl sites for hydroxylation is 1. The summed E-state index contributed by atoms with van der Waals surface area (Å²) in [5.41, 5.74) is 8.78. The first-order valence-electron chi connectivity index (χ1n) is 5.56. The van der Waals surface area contributed by atoms with Gasteiger partial charge in [0.05, 0.1) is 0 Å². The van der Waals surface area contributed by atoms with Crippen LogP contribution >= 0.6 is 0 Å². The van der Waals surface area contributed by atoms with Crippen LogP contribution in [0.25, 0.3) is 10.9 Å². The van der Waals surface area contributed by atoms with E-state index >= 15 is 0 Å². The molecule has 0 aliphatic rings. The fraction of sp³-hybridized carbons (Fsp3) is 0.308. The second-order valence-corrected chi connectivity index (χ2v) is 4.45. The molecule has 2 atom stereocenters. The van der Waals surface area contributed by atoms with Crippen molar-refractivity contribution in [3.63, 3.8) is 0 Å². The van der Waals surface area contributed by atoms with E-state index in [9.17, 15) is 4.79 Å². The number of carboxylic acids is 1. The van der Waals surface area contributed by atoms with Crippen molar-refractivity contribution in [2.24, 2.45) is 5.73 Å². The Morgan fingerprint density at radius 1 is 1.47 bits per heavy atom. The normalized spacial score (nSPS) is 14.8. The van der Waals surface area contributed by atoms with Crippen LogP contribution in [0.4, 0.5) is 0 Å². The van der Waals surface area contributed by atoms with Gasteiger partial charge in [-0.2, -0.15) is 0 Å². The Morgan fingerprint density at radius 2 is 2.18 bits per heavy atom. The van der Waals surface area contributed by atoms with Crippen molar-refractivity contribution in [1.82, 2.24) is 4.98 Å². The van der Waals surface area contributed by atoms with E-state index in [0.29, 0.717) is 0 Å². The predicted molar refractivity (Wildman–Crippen MR) is 67.1 cm³/mol. The summed E-state index contributed by atoms with van der Waals surface area (Å²) in [7, 11) is 0. The number of hydrogen-bond donors (Lipinski definition) is 3. The summed E-state index contributed by atoms with van der Waals surface area (Å²) in [4.78, 5) is 14.0. The van der Waals surface area contributed by atoms with E-state index in [0.717, 1.165) is 22.0 Å². The summed E-state index contributed by atoms with van der Waals surface area (Å²) in [5, 5.41) is 9.99. The number of aromatic nitrogens is 1. The summed E-state index contributed by atoms with van der Waals surface area (Å²) < 4.78 is 0. The first kappa shape index (κ1) is 11.7. The van der Waals surface area contributed by atoms with E-state index in [-0.39, 0.29) is 5.92 Å². The van der Waals surface area contributed by atoms with Crippen LogP contribution in [0, 0.1) is 6.92 Å². The van der Waals surface area contributed by atoms with Gasteiger partial charge >= 0.3 is 5.97 Å². The van der Waals surface area contributed by atoms with Crippen LogP contribution in [0.5, 0.6) is 0 Å². The molecule has 2 rings (SSSR count). The summed E-state index contributed by atoms with van der Waals surface area (Å²) in [6, 6.07) is 5.18. The van der Waals surface area contributed by atoms with E-state index in [1.807, 2.05) is 38.2 Å². The second kappa shape index (κ2) is 4.22. The van der Waals surface area contributed by atoms with Crippen LogP contribution in [-0.2, 0) is 4.79 Å². The van der Waals surface area contributed by atoms with Crippen LogP contribution in [-0.4, -0.2) is 22.1 Å². The molecule has 1 aromatic carbocycles. The molecule has 0 bridgehead atoms. The number of nitrogens with two attached hydrogens (primary N) is 1. The Hall–Kier alpha value is -1.81. The highest BCUT2D eigenvalue weighted by atomic mass is 16.4. The van der Waals surface area contributed by atoms with Crippen molar-refractivity contribution < 1.29 is 9.90 Å². The molecule has 1 heterocycles. The molecule has 0 fully saturated rings. The van der Waals surface area contributed by atoms with Crippen molar-refractivity contribution in [2.45, 2.75) is 25.8 Å². The van der Waals surface area contributed by atoms with E-state index < -0.39 is 12.0 Å². The molecule has 0 unspecified atom stereocenters. The molecule has 4 heteroatoms. The summed E-state index contributed by atoms with van der Waals surface area (Å²) in [6.07, 6.45) is 1.84. The Kier molecular flexibility index (Phi) is 2.90. The first-order valence-corrected chi connectivity index (χ1v) is 5.56. The van der Waals surface area contributed by atoms with Crippen molar-refractivity contribution in [3.8, 4) is 0 Å². The SMILES string of the molecule is Cc1ccc2[nH]cc([C@H](C)[C@H](N)C(=O)O)c2c1. The minimum Gasteiger partial charge on any atom is -0.480 e. The van der Waals surface area contributed by atoms with E-state index in [2.05, 4.69) is 4.98 Å². The number of H-pyrrole nitrogens is 1. The Balaban J connectivity index is 2.48. The van der Waals surface area contributed by atoms with Gasteiger partial charge in [0.15, 0.2) is 0 Å². The molecule has 4 N–H and O–H groups in total. The van der Waals surface area contributed by atoms with Gasteiger partial charge in [-0.1, -0.05) is 18.6 Å². The molecule has 0 saturated heterocycles. The van der Waals surface area contributed by atoms with Crippen LogP contribution in [0.15, 0.2) is 24.4 Å². The Labute approximate surface area is 99.4 Å². The zero-order chi connectivity index (χ0) is 12.6. The maximum Gasteiger partial charge on any atom is 0.321 e. The average Bonchev–Trinajstić information content (AvgIpc) is 2.69. The van der Waals surface area contributed by atoms with Gasteiger partial charge in [0.25, 0.3) is 0 Å². The highest BCUT2D eigenvalue weighted by Crippen LogP contribution is 2.27. The summed E-state index contributed by atoms with van der Waals surface area (Å²) in [6.45, 7) is 3.85. The highest BCUT2D eigenvalue weighted by molar-refractivity contribution is 5.85. The molecule has 17 heavy (non-hydrogen) atoms. The van der Waals surface area contributed by atoms with Crippen LogP contribution < -0.4 is 5.73 Å². The lowest BCUT2D eigenvalue weighted by atomic mass is 9.93. The third kappa shape index (κ3) is 2.03. The lowest BCUT2D eigenvalue weighted by Gasteiger charge is -2.15. The van der Waals surface area contributed by atoms with Crippen LogP contribution in [0.3, 0.4) is 0 Å². The van der Waals surface area contributed by atoms with Gasteiger partial charge in [-0.15, -0.1) is 0 Å². The van der Waals surface area contributed by atoms with Crippen LogP contribution in [0.2, 0.25) is 0 Å². The maximum atomic E-state index is 10.9. The van der Waals surface area contributed by atoms with Gasteiger partial charge < -0.3 is 15.8 Å². The number of aliphatic carboxylic acids is 1. The van der Waals surface area contributed by atoms with Crippen molar-refractivity contribution in [2.75, 3.05) is 0 Å². The number of rotatable bonds is 3. The van der Waals surface area contributed by atoms with Crippen LogP contribution in [0.1, 0.15) is 24.0 Å². The molecule has 0 aliphatic heterocycles. The minimum absolute atomic E-state index is 0.219. The summed E-state index contributed by atoms with van der Waals surface area (Å²) >= 11 is 0. The van der Waals surface area contributed by atoms with E-state index in [1.54, 1.807) is 0 Å². The highest BCUT2D eigenvalue weighted by Gasteiger charge is 2.23. The molecule has 0 amide bonds. The standard InChI is InChI=1S/C13H16N2O2/c1-7-3-4-11-9(5-7)10(6-15-11)8(2)12(14)13(16)17/h3-6,8,12,15H,14H2,1-2H3,(H,16,17)/t8-,12-/m0/s1. The first-order chi connectivity index (χ1) is 8.00. The number of hydrogen-bond acceptors (Lipinski definition) is 2. The number of benzene rings is 1. The predicted octanol–water partition coefficient (Wildman–Crippen LogP) is 1.99. The van der Waals surface area contributed by atoms with Gasteiger partial charge in [0.1, 0.15) is 6.04 Å². The minimum atomic E-state index is -0.973. The zero-order valence-corrected chi connectivity index (χ0v) is 9.90. The van der Waals surface area contributed by atoms with Crippen molar-refractivity contribution >= 4 is 16.9 Å². The molecule has 2 aromatic rings. The number of aromatic amines is 1. The smallest absolute Gasteiger partial charge is 0.321 e. The maximum absolute atomic E-state index is 10.9. The lowest BCUT2D eigenvalue weighted by molar-refractivity contribution is -0.138. The topological polar surface area (TPSA) is 79.1 Å². The lowest BCUT2D eigenvalue weighted by Crippen LogP contribution is -2.35. The molecule has 90 valence electrons. The average molecular weight is 232 g/mol. The molecular formula is C13H16N2O2. The third-order valence-corrected chi connectivity index (χ3v) is 3.18. The van der Waals surface area contributed by atoms with Gasteiger partial charge in [0.2, 0.25) is 0 Å². The molecule has 0 aliphatic carbocycles. The number of carbonyl (C=O) groups is 1. The molecule has 4 nitrogen and oxygen atoms in total. The van der Waals surface area contributed by atoms with Gasteiger partial charge in [-0.05, 0) is 24.6 Å². The largest absolute Gasteiger partial charge is 0.480 e. The number of fused-ring (bicyclic) bond motifs is 1. The van der Waals surface area contributed by atoms with Gasteiger partial charge in [-0.3, -0.25) is 4.79 Å². The Bertz CT molecular complexity index is 560. The quantitative estimate of drug-likeness (QED) is 0.757.